The standard InChI is InChI=1S/C38H51N3O4/c1-4-32(28(2)3)23-35(42)34(22-29-14-8-5-9-15-29)41-37(44)45-36(43)38(21-20-33-26-39-27-40-33,24-30-16-10-6-11-17-30)25-31-18-12-7-13-19-31/h4,6-7,10-13,16-19,26-29,32,34-35,42H,1,5,8-9,14-15,20-25H2,2-3H3,(H,39,40)(H,41,44)/t32-,34-,35-/m0/s1. The summed E-state index contributed by atoms with van der Waals surface area (Å²) in [4.78, 5) is 35.3. The van der Waals surface area contributed by atoms with Gasteiger partial charge in [-0.3, -0.25) is 4.79 Å². The summed E-state index contributed by atoms with van der Waals surface area (Å²) in [6.07, 6.45) is 12.4. The topological polar surface area (TPSA) is 104 Å². The molecule has 3 atom stereocenters. The molecule has 0 aliphatic heterocycles. The molecule has 7 heteroatoms. The zero-order valence-corrected chi connectivity index (χ0v) is 27.0. The Morgan fingerprint density at radius 1 is 1.04 bits per heavy atom. The second-order valence-corrected chi connectivity index (χ2v) is 13.3. The highest BCUT2D eigenvalue weighted by Gasteiger charge is 2.42. The fourth-order valence-corrected chi connectivity index (χ4v) is 6.80. The first kappa shape index (κ1) is 34.2. The van der Waals surface area contributed by atoms with E-state index in [-0.39, 0.29) is 5.92 Å². The van der Waals surface area contributed by atoms with Crippen molar-refractivity contribution in [2.75, 3.05) is 0 Å². The summed E-state index contributed by atoms with van der Waals surface area (Å²) in [5, 5.41) is 14.3. The van der Waals surface area contributed by atoms with Crippen LogP contribution in [-0.2, 0) is 28.8 Å². The molecule has 4 rings (SSSR count). The van der Waals surface area contributed by atoms with Crippen molar-refractivity contribution in [2.24, 2.45) is 23.2 Å². The molecule has 1 heterocycles. The van der Waals surface area contributed by atoms with Crippen LogP contribution in [0.1, 0.15) is 82.0 Å². The van der Waals surface area contributed by atoms with Crippen LogP contribution in [0.15, 0.2) is 85.8 Å². The molecule has 1 saturated carbocycles. The van der Waals surface area contributed by atoms with Gasteiger partial charge in [0, 0.05) is 6.20 Å². The summed E-state index contributed by atoms with van der Waals surface area (Å²) >= 11 is 0. The number of ether oxygens (including phenoxy) is 1. The predicted octanol–water partition coefficient (Wildman–Crippen LogP) is 7.62. The molecule has 0 saturated heterocycles. The molecule has 1 aliphatic carbocycles. The fraction of sp³-hybridized carbons (Fsp3) is 0.500. The molecule has 1 amide bonds. The quantitative estimate of drug-likeness (QED) is 0.0876. The fourth-order valence-electron chi connectivity index (χ4n) is 6.80. The van der Waals surface area contributed by atoms with Gasteiger partial charge in [-0.15, -0.1) is 6.58 Å². The zero-order valence-electron chi connectivity index (χ0n) is 27.0. The average molecular weight is 614 g/mol. The third-order valence-electron chi connectivity index (χ3n) is 9.56. The van der Waals surface area contributed by atoms with E-state index in [2.05, 4.69) is 35.7 Å². The van der Waals surface area contributed by atoms with Crippen LogP contribution >= 0.6 is 0 Å². The van der Waals surface area contributed by atoms with Crippen LogP contribution in [0.25, 0.3) is 0 Å². The Bertz CT molecular complexity index is 1260. The number of rotatable bonds is 16. The smallest absolute Gasteiger partial charge is 0.391 e. The molecular formula is C38H51N3O4. The lowest BCUT2D eigenvalue weighted by atomic mass is 9.73. The number of aromatic nitrogens is 2. The van der Waals surface area contributed by atoms with Gasteiger partial charge in [-0.05, 0) is 67.4 Å². The molecule has 0 bridgehead atoms. The van der Waals surface area contributed by atoms with Gasteiger partial charge >= 0.3 is 12.1 Å². The van der Waals surface area contributed by atoms with E-state index in [1.54, 1.807) is 6.33 Å². The number of nitrogens with zero attached hydrogens (tertiary/aromatic N) is 1. The monoisotopic (exact) mass is 613 g/mol. The first-order valence-corrected chi connectivity index (χ1v) is 16.7. The third kappa shape index (κ3) is 10.4. The van der Waals surface area contributed by atoms with Gasteiger partial charge in [0.1, 0.15) is 0 Å². The predicted molar refractivity (Wildman–Crippen MR) is 178 cm³/mol. The number of H-pyrrole nitrogens is 1. The minimum atomic E-state index is -1.03. The summed E-state index contributed by atoms with van der Waals surface area (Å²) < 4.78 is 5.73. The number of alkyl carbamates (subject to hydrolysis) is 1. The Morgan fingerprint density at radius 2 is 1.67 bits per heavy atom. The molecule has 7 nitrogen and oxygen atoms in total. The number of carbonyl (C=O) groups excluding carboxylic acids is 2. The summed E-state index contributed by atoms with van der Waals surface area (Å²) in [5.41, 5.74) is 1.79. The SMILES string of the molecule is C=C[C@@H](C[C@H](O)[C@H](CC1CCCCC1)NC(=O)OC(=O)C(CCc1c[nH]cn1)(Cc1ccccc1)Cc1ccccc1)C(C)C. The van der Waals surface area contributed by atoms with Crippen LogP contribution in [0.2, 0.25) is 0 Å². The lowest BCUT2D eigenvalue weighted by Gasteiger charge is -2.33. The Balaban J connectivity index is 1.58. The van der Waals surface area contributed by atoms with E-state index in [0.29, 0.717) is 50.4 Å². The van der Waals surface area contributed by atoms with E-state index in [4.69, 9.17) is 4.74 Å². The maximum Gasteiger partial charge on any atom is 0.415 e. The minimum Gasteiger partial charge on any atom is -0.391 e. The Morgan fingerprint density at radius 3 is 2.20 bits per heavy atom. The van der Waals surface area contributed by atoms with Crippen molar-refractivity contribution in [3.63, 3.8) is 0 Å². The summed E-state index contributed by atoms with van der Waals surface area (Å²) in [7, 11) is 0. The van der Waals surface area contributed by atoms with Crippen LogP contribution < -0.4 is 5.32 Å². The molecule has 242 valence electrons. The molecule has 3 aromatic rings. The minimum absolute atomic E-state index is 0.111. The van der Waals surface area contributed by atoms with E-state index >= 15 is 0 Å². The highest BCUT2D eigenvalue weighted by Crippen LogP contribution is 2.35. The molecule has 1 aromatic heterocycles. The Labute approximate surface area is 268 Å². The van der Waals surface area contributed by atoms with E-state index in [9.17, 15) is 14.7 Å². The number of aliphatic hydroxyl groups excluding tert-OH is 1. The van der Waals surface area contributed by atoms with Crippen LogP contribution in [0.3, 0.4) is 0 Å². The number of imidazole rings is 1. The molecule has 2 aromatic carbocycles. The molecule has 45 heavy (non-hydrogen) atoms. The number of allylic oxidation sites excluding steroid dienone is 1. The number of aryl methyl sites for hydroxylation is 1. The Hall–Kier alpha value is -3.71. The van der Waals surface area contributed by atoms with Gasteiger partial charge in [-0.1, -0.05) is 113 Å². The van der Waals surface area contributed by atoms with Crippen molar-refractivity contribution in [3.05, 3.63) is 103 Å². The van der Waals surface area contributed by atoms with Gasteiger partial charge < -0.3 is 20.1 Å². The number of benzene rings is 2. The van der Waals surface area contributed by atoms with Crippen molar-refractivity contribution in [3.8, 4) is 0 Å². The number of amides is 1. The Kier molecular flexibility index (Phi) is 13.0. The van der Waals surface area contributed by atoms with Crippen LogP contribution in [0.4, 0.5) is 4.79 Å². The van der Waals surface area contributed by atoms with Gasteiger partial charge in [0.25, 0.3) is 0 Å². The van der Waals surface area contributed by atoms with Crippen LogP contribution in [-0.4, -0.2) is 39.3 Å². The maximum atomic E-state index is 14.3. The van der Waals surface area contributed by atoms with E-state index in [0.717, 1.165) is 42.5 Å². The highest BCUT2D eigenvalue weighted by atomic mass is 16.6. The number of aliphatic hydroxyl groups is 1. The summed E-state index contributed by atoms with van der Waals surface area (Å²) in [6.45, 7) is 8.19. The largest absolute Gasteiger partial charge is 0.415 e. The van der Waals surface area contributed by atoms with Crippen LogP contribution in [0.5, 0.6) is 0 Å². The molecule has 3 N–H and O–H groups in total. The third-order valence-corrected chi connectivity index (χ3v) is 9.56. The summed E-state index contributed by atoms with van der Waals surface area (Å²) in [5.74, 6) is 0.270. The molecular weight excluding hydrogens is 562 g/mol. The number of esters is 1. The molecule has 0 spiro atoms. The first-order chi connectivity index (χ1) is 21.8. The second kappa shape index (κ2) is 17.1. The average Bonchev–Trinajstić information content (AvgIpc) is 3.57. The second-order valence-electron chi connectivity index (χ2n) is 13.3. The van der Waals surface area contributed by atoms with Gasteiger partial charge in [-0.2, -0.15) is 0 Å². The molecule has 1 aliphatic rings. The number of nitrogens with one attached hydrogen (secondary N) is 2. The number of hydrogen-bond acceptors (Lipinski definition) is 5. The summed E-state index contributed by atoms with van der Waals surface area (Å²) in [6, 6.07) is 19.2. The lowest BCUT2D eigenvalue weighted by molar-refractivity contribution is -0.149. The maximum absolute atomic E-state index is 14.3. The zero-order chi connectivity index (χ0) is 32.1. The van der Waals surface area contributed by atoms with Gasteiger partial charge in [0.15, 0.2) is 0 Å². The lowest BCUT2D eigenvalue weighted by Crippen LogP contribution is -2.48. The van der Waals surface area contributed by atoms with Gasteiger partial charge in [-0.25, -0.2) is 9.78 Å². The van der Waals surface area contributed by atoms with E-state index in [1.807, 2.05) is 72.9 Å². The van der Waals surface area contributed by atoms with Gasteiger partial charge in [0.2, 0.25) is 0 Å². The molecule has 1 fully saturated rings. The van der Waals surface area contributed by atoms with Crippen molar-refractivity contribution in [1.29, 1.82) is 0 Å². The normalized spacial score (nSPS) is 16.1. The number of hydrogen-bond donors (Lipinski definition) is 3. The van der Waals surface area contributed by atoms with Crippen molar-refractivity contribution < 1.29 is 19.4 Å². The highest BCUT2D eigenvalue weighted by molar-refractivity contribution is 5.88. The molecule has 0 radical (unpaired) electrons. The van der Waals surface area contributed by atoms with E-state index < -0.39 is 29.6 Å². The number of carbonyl (C=O) groups is 2. The van der Waals surface area contributed by atoms with Crippen molar-refractivity contribution in [2.45, 2.75) is 96.6 Å². The molecule has 0 unspecified atom stereocenters. The van der Waals surface area contributed by atoms with Crippen LogP contribution in [0, 0.1) is 23.2 Å². The first-order valence-electron chi connectivity index (χ1n) is 16.7. The van der Waals surface area contributed by atoms with Crippen molar-refractivity contribution in [1.82, 2.24) is 15.3 Å². The van der Waals surface area contributed by atoms with Crippen molar-refractivity contribution >= 4 is 12.1 Å². The number of aromatic amines is 1. The van der Waals surface area contributed by atoms with Gasteiger partial charge in [0.05, 0.1) is 29.6 Å². The van der Waals surface area contributed by atoms with E-state index in [1.165, 1.54) is 6.42 Å².